The van der Waals surface area contributed by atoms with Crippen LogP contribution in [0, 0.1) is 0 Å². The highest BCUT2D eigenvalue weighted by Gasteiger charge is 2.31. The highest BCUT2D eigenvalue weighted by molar-refractivity contribution is 6.30. The molecule has 12 heteroatoms. The van der Waals surface area contributed by atoms with Crippen molar-refractivity contribution in [3.8, 4) is 0 Å². The number of rotatable bonds is 10. The first kappa shape index (κ1) is 29.1. The number of amides is 3. The van der Waals surface area contributed by atoms with Gasteiger partial charge in [0.25, 0.3) is 0 Å². The second-order valence-electron chi connectivity index (χ2n) is 8.70. The van der Waals surface area contributed by atoms with Crippen LogP contribution in [0.25, 0.3) is 6.08 Å². The Morgan fingerprint density at radius 2 is 1.84 bits per heavy atom. The molecule has 1 aromatic heterocycles. The fourth-order valence-corrected chi connectivity index (χ4v) is 3.91. The summed E-state index contributed by atoms with van der Waals surface area (Å²) in [6.07, 6.45) is 0.104. The van der Waals surface area contributed by atoms with Crippen molar-refractivity contribution in [2.45, 2.75) is 37.6 Å². The first-order valence-corrected chi connectivity index (χ1v) is 12.3. The molecule has 3 amide bonds. The molecule has 1 atom stereocenters. The minimum Gasteiger partial charge on any atom is -0.369 e. The Bertz CT molecular complexity index is 1110. The van der Waals surface area contributed by atoms with E-state index in [4.69, 9.17) is 16.3 Å². The lowest BCUT2D eigenvalue weighted by molar-refractivity contribution is -0.189. The molecule has 1 saturated heterocycles. The van der Waals surface area contributed by atoms with E-state index < -0.39 is 36.7 Å². The minimum absolute atomic E-state index is 0.101. The number of hydrogen-bond acceptors (Lipinski definition) is 5. The van der Waals surface area contributed by atoms with Gasteiger partial charge >= 0.3 is 6.18 Å². The van der Waals surface area contributed by atoms with Crippen LogP contribution < -0.4 is 10.6 Å². The van der Waals surface area contributed by atoms with Crippen molar-refractivity contribution < 1.29 is 32.3 Å². The quantitative estimate of drug-likeness (QED) is 0.441. The summed E-state index contributed by atoms with van der Waals surface area (Å²) in [5, 5.41) is 5.76. The van der Waals surface area contributed by atoms with Gasteiger partial charge in [0.15, 0.2) is 0 Å². The van der Waals surface area contributed by atoms with Gasteiger partial charge in [-0.15, -0.1) is 0 Å². The van der Waals surface area contributed by atoms with Gasteiger partial charge < -0.3 is 20.3 Å². The van der Waals surface area contributed by atoms with E-state index >= 15 is 0 Å². The Balaban J connectivity index is 1.53. The number of piperidine rings is 1. The van der Waals surface area contributed by atoms with Gasteiger partial charge in [0.05, 0.1) is 12.6 Å². The second kappa shape index (κ2) is 13.9. The largest absolute Gasteiger partial charge is 0.411 e. The lowest BCUT2D eigenvalue weighted by Crippen LogP contribution is -2.51. The number of pyridine rings is 1. The van der Waals surface area contributed by atoms with Crippen LogP contribution in [0.4, 0.5) is 13.2 Å². The monoisotopic (exact) mass is 552 g/mol. The molecule has 1 aromatic carbocycles. The number of ether oxygens (including phenoxy) is 1. The number of nitrogens with one attached hydrogen (secondary N) is 2. The highest BCUT2D eigenvalue weighted by Crippen LogP contribution is 2.20. The third kappa shape index (κ3) is 10.1. The Morgan fingerprint density at radius 1 is 1.13 bits per heavy atom. The molecule has 3 rings (SSSR count). The van der Waals surface area contributed by atoms with E-state index in [2.05, 4.69) is 15.6 Å². The summed E-state index contributed by atoms with van der Waals surface area (Å²) in [5.74, 6) is -1.46. The molecule has 2 aromatic rings. The predicted octanol–water partition coefficient (Wildman–Crippen LogP) is 3.16. The normalized spacial score (nSPS) is 15.3. The smallest absolute Gasteiger partial charge is 0.369 e. The molecule has 38 heavy (non-hydrogen) atoms. The molecule has 0 bridgehead atoms. The zero-order valence-electron chi connectivity index (χ0n) is 20.4. The molecule has 0 spiro atoms. The number of likely N-dealkylation sites (tertiary alicyclic amines) is 1. The van der Waals surface area contributed by atoms with Gasteiger partial charge in [0, 0.05) is 42.5 Å². The summed E-state index contributed by atoms with van der Waals surface area (Å²) in [6.45, 7) is -1.19. The number of halogens is 4. The molecule has 1 aliphatic heterocycles. The van der Waals surface area contributed by atoms with Crippen LogP contribution in [0.3, 0.4) is 0 Å². The Labute approximate surface area is 223 Å². The molecule has 0 aliphatic carbocycles. The molecule has 1 fully saturated rings. The van der Waals surface area contributed by atoms with Crippen LogP contribution in [-0.4, -0.2) is 72.2 Å². The molecule has 0 unspecified atom stereocenters. The van der Waals surface area contributed by atoms with Crippen LogP contribution >= 0.6 is 11.6 Å². The number of carbonyl (C=O) groups is 3. The average Bonchev–Trinajstić information content (AvgIpc) is 2.90. The van der Waals surface area contributed by atoms with Gasteiger partial charge in [0.2, 0.25) is 17.7 Å². The van der Waals surface area contributed by atoms with Crippen molar-refractivity contribution in [2.24, 2.45) is 0 Å². The van der Waals surface area contributed by atoms with Crippen molar-refractivity contribution in [3.05, 3.63) is 71.0 Å². The first-order valence-electron chi connectivity index (χ1n) is 12.0. The van der Waals surface area contributed by atoms with Crippen molar-refractivity contribution >= 4 is 35.4 Å². The number of nitrogens with zero attached hydrogens (tertiary/aromatic N) is 2. The summed E-state index contributed by atoms with van der Waals surface area (Å²) >= 11 is 5.87. The zero-order valence-corrected chi connectivity index (χ0v) is 21.2. The Hall–Kier alpha value is -3.44. The molecule has 0 radical (unpaired) electrons. The standard InChI is InChI=1S/C26H28ClF3N4O4/c27-19-7-4-18(5-8-19)6-9-23(35)33-22(15-20-3-1-2-12-31-20)25(37)32-16-24(36)34-13-10-21(11-14-34)38-17-26(28,29)30/h1-9,12,21-22H,10-11,13-17H2,(H,32,37)(H,33,35)/b9-6+/t22-/m0/s1. The lowest BCUT2D eigenvalue weighted by atomic mass is 10.1. The van der Waals surface area contributed by atoms with Gasteiger partial charge in [-0.2, -0.15) is 13.2 Å². The van der Waals surface area contributed by atoms with Gasteiger partial charge in [-0.1, -0.05) is 29.8 Å². The number of aromatic nitrogens is 1. The van der Waals surface area contributed by atoms with Crippen molar-refractivity contribution in [3.63, 3.8) is 0 Å². The predicted molar refractivity (Wildman–Crippen MR) is 135 cm³/mol. The van der Waals surface area contributed by atoms with E-state index in [0.29, 0.717) is 10.7 Å². The molecule has 8 nitrogen and oxygen atoms in total. The lowest BCUT2D eigenvalue weighted by Gasteiger charge is -2.32. The van der Waals surface area contributed by atoms with Crippen molar-refractivity contribution in [1.82, 2.24) is 20.5 Å². The first-order chi connectivity index (χ1) is 18.1. The van der Waals surface area contributed by atoms with Crippen LogP contribution in [0.1, 0.15) is 24.1 Å². The molecule has 2 N–H and O–H groups in total. The third-order valence-corrected chi connectivity index (χ3v) is 6.01. The molecule has 1 aliphatic rings. The maximum Gasteiger partial charge on any atom is 0.411 e. The molecule has 2 heterocycles. The van der Waals surface area contributed by atoms with Gasteiger partial charge in [-0.25, -0.2) is 0 Å². The topological polar surface area (TPSA) is 101 Å². The third-order valence-electron chi connectivity index (χ3n) is 5.76. The summed E-state index contributed by atoms with van der Waals surface area (Å²) in [6, 6.07) is 11.0. The number of alkyl halides is 3. The maximum atomic E-state index is 12.9. The van der Waals surface area contributed by atoms with E-state index in [1.165, 1.54) is 11.0 Å². The van der Waals surface area contributed by atoms with E-state index in [1.54, 1.807) is 54.7 Å². The second-order valence-corrected chi connectivity index (χ2v) is 9.13. The molecule has 0 saturated carbocycles. The van der Waals surface area contributed by atoms with E-state index in [1.807, 2.05) is 0 Å². The summed E-state index contributed by atoms with van der Waals surface area (Å²) in [5.41, 5.74) is 1.32. The highest BCUT2D eigenvalue weighted by atomic mass is 35.5. The van der Waals surface area contributed by atoms with Crippen molar-refractivity contribution in [1.29, 1.82) is 0 Å². The zero-order chi connectivity index (χ0) is 27.5. The molecular formula is C26H28ClF3N4O4. The Morgan fingerprint density at radius 3 is 2.47 bits per heavy atom. The van der Waals surface area contributed by atoms with Crippen LogP contribution in [0.2, 0.25) is 5.02 Å². The van der Waals surface area contributed by atoms with Gasteiger partial charge in [-0.05, 0) is 48.7 Å². The van der Waals surface area contributed by atoms with Crippen LogP contribution in [0.15, 0.2) is 54.7 Å². The summed E-state index contributed by atoms with van der Waals surface area (Å²) in [7, 11) is 0. The van der Waals surface area contributed by atoms with Gasteiger partial charge in [-0.3, -0.25) is 19.4 Å². The van der Waals surface area contributed by atoms with E-state index in [9.17, 15) is 27.6 Å². The summed E-state index contributed by atoms with van der Waals surface area (Å²) < 4.78 is 41.9. The summed E-state index contributed by atoms with van der Waals surface area (Å²) in [4.78, 5) is 43.7. The van der Waals surface area contributed by atoms with Crippen molar-refractivity contribution in [2.75, 3.05) is 26.2 Å². The number of benzene rings is 1. The molecule has 204 valence electrons. The number of carbonyl (C=O) groups excluding carboxylic acids is 3. The fourth-order valence-electron chi connectivity index (χ4n) is 3.78. The molecular weight excluding hydrogens is 525 g/mol. The SMILES string of the molecule is O=C(/C=C/c1ccc(Cl)cc1)N[C@@H](Cc1ccccn1)C(=O)NCC(=O)N1CCC(OCC(F)(F)F)CC1. The van der Waals surface area contributed by atoms with E-state index in [0.717, 1.165) is 5.56 Å². The minimum atomic E-state index is -4.40. The fraction of sp³-hybridized carbons (Fsp3) is 0.385. The van der Waals surface area contributed by atoms with Crippen LogP contribution in [-0.2, 0) is 25.5 Å². The average molecular weight is 553 g/mol. The maximum absolute atomic E-state index is 12.9. The Kier molecular flexibility index (Phi) is 10.7. The van der Waals surface area contributed by atoms with E-state index in [-0.39, 0.29) is 44.8 Å². The van der Waals surface area contributed by atoms with Gasteiger partial charge in [0.1, 0.15) is 12.6 Å². The number of hydrogen-bond donors (Lipinski definition) is 2. The van der Waals surface area contributed by atoms with Crippen LogP contribution in [0.5, 0.6) is 0 Å².